The van der Waals surface area contributed by atoms with Gasteiger partial charge in [0, 0.05) is 16.3 Å². The first-order chi connectivity index (χ1) is 4.83. The Morgan fingerprint density at radius 2 is 0.812 bits per heavy atom. The van der Waals surface area contributed by atoms with E-state index in [0.717, 1.165) is 0 Å². The molecule has 12 N–H and O–H groups in total. The van der Waals surface area contributed by atoms with Crippen LogP contribution in [0.4, 0.5) is 0 Å². The first-order valence-electron chi connectivity index (χ1n) is 1.26. The van der Waals surface area contributed by atoms with Gasteiger partial charge in [0.05, 0.1) is 0 Å². The fourth-order valence-corrected chi connectivity index (χ4v) is 0. The van der Waals surface area contributed by atoms with E-state index in [1.165, 1.54) is 0 Å². The first-order valence-corrected chi connectivity index (χ1v) is 1.26. The molecule has 0 radical (unpaired) electrons. The molecule has 16 heavy (non-hydrogen) atoms. The minimum Gasteiger partial charge on any atom is -0.457 e. The molecule has 10 heteroatoms. The smallest absolute Gasteiger partial charge is 0.0467 e. The zero-order valence-corrected chi connectivity index (χ0v) is 8.68. The van der Waals surface area contributed by atoms with Gasteiger partial charge in [-0.1, -0.05) is 0 Å². The molecule has 0 aliphatic heterocycles. The van der Waals surface area contributed by atoms with Crippen molar-refractivity contribution in [2.75, 3.05) is 0 Å². The zero-order valence-electron chi connectivity index (χ0n) is 8.68. The molecule has 0 bridgehead atoms. The van der Waals surface area contributed by atoms with Gasteiger partial charge in [-0.3, -0.25) is 9.59 Å². The van der Waals surface area contributed by atoms with Crippen LogP contribution in [-0.4, -0.2) is 32.8 Å². The van der Waals surface area contributed by atoms with E-state index in [-0.39, 0.29) is 38.2 Å². The van der Waals surface area contributed by atoms with Crippen LogP contribution < -0.4 is 0 Å². The van der Waals surface area contributed by atoms with E-state index in [2.05, 4.69) is 13.3 Å². The summed E-state index contributed by atoms with van der Waals surface area (Å²) in [7, 11) is 0. The summed E-state index contributed by atoms with van der Waals surface area (Å²) < 4.78 is 15.0. The number of hydrogen-bond donors (Lipinski definition) is 0. The van der Waals surface area contributed by atoms with E-state index in [9.17, 15) is 0 Å². The van der Waals surface area contributed by atoms with Gasteiger partial charge >= 0.3 is 34.9 Å². The van der Waals surface area contributed by atoms with Gasteiger partial charge in [-0.15, -0.1) is 0 Å². The third-order valence-corrected chi connectivity index (χ3v) is 0. The van der Waals surface area contributed by atoms with E-state index < -0.39 is 0 Å². The molecule has 0 aliphatic rings. The van der Waals surface area contributed by atoms with Gasteiger partial charge in [0.2, 0.25) is 0 Å². The van der Waals surface area contributed by atoms with Crippen molar-refractivity contribution in [3.05, 3.63) is 28.2 Å². The van der Waals surface area contributed by atoms with Gasteiger partial charge in [0.1, 0.15) is 9.59 Å². The zero-order chi connectivity index (χ0) is 9.41. The van der Waals surface area contributed by atoms with Crippen LogP contribution in [0.5, 0.6) is 0 Å². The van der Waals surface area contributed by atoms with Crippen molar-refractivity contribution in [1.82, 2.24) is 0 Å². The predicted octanol–water partition coefficient (Wildman–Crippen LogP) is -3.64. The molecule has 0 amide bonds. The molecule has 0 aromatic carbocycles. The van der Waals surface area contributed by atoms with Gasteiger partial charge in [0.25, 0.3) is 0 Å². The third-order valence-electron chi connectivity index (χ3n) is 0. The Morgan fingerprint density at radius 3 is 0.812 bits per heavy atom. The molecule has 0 aromatic rings. The summed E-state index contributed by atoms with van der Waals surface area (Å²) in [6.45, 7) is 9.00. The molecular formula is C6H20O10+6. The SMILES string of the molecule is O.O.O=C=[OH+].O=C=[OH+].[C-]#[O+].[C-]#[O+].[CH3+].[CH3+].[HH].[OH3+].[OH3+]. The molecule has 10 nitrogen and oxygen atoms in total. The predicted molar refractivity (Wildman–Crippen MR) is 53.7 cm³/mol. The topological polar surface area (TPSA) is 246 Å². The minimum atomic E-state index is 0. The summed E-state index contributed by atoms with van der Waals surface area (Å²) in [5.74, 6) is 0. The van der Waals surface area contributed by atoms with Crippen molar-refractivity contribution >= 4 is 12.3 Å². The second-order valence-corrected chi connectivity index (χ2v) is 0.183. The maximum absolute atomic E-state index is 8.24. The Hall–Kier alpha value is -2.18. The quantitative estimate of drug-likeness (QED) is 0.312. The molecule has 0 atom stereocenters. The summed E-state index contributed by atoms with van der Waals surface area (Å²) in [6.07, 6.45) is 1.00. The largest absolute Gasteiger partial charge is 0.457 e. The van der Waals surface area contributed by atoms with Gasteiger partial charge in [0.15, 0.2) is 0 Å². The molecule has 0 aliphatic carbocycles. The molecule has 0 saturated carbocycles. The van der Waals surface area contributed by atoms with Crippen LogP contribution in [0.3, 0.4) is 0 Å². The fourth-order valence-electron chi connectivity index (χ4n) is 0. The summed E-state index contributed by atoms with van der Waals surface area (Å²) in [6, 6.07) is 0. The van der Waals surface area contributed by atoms with Crippen LogP contribution in [0.15, 0.2) is 0 Å². The van der Waals surface area contributed by atoms with Crippen molar-refractivity contribution in [3.8, 4) is 0 Å². The van der Waals surface area contributed by atoms with Crippen molar-refractivity contribution in [2.45, 2.75) is 0 Å². The molecule has 0 fully saturated rings. The molecule has 0 saturated heterocycles. The van der Waals surface area contributed by atoms with Crippen LogP contribution in [-0.2, 0) is 29.8 Å². The van der Waals surface area contributed by atoms with Gasteiger partial charge in [-0.25, -0.2) is 0 Å². The maximum atomic E-state index is 8.24. The first kappa shape index (κ1) is 156. The van der Waals surface area contributed by atoms with Crippen molar-refractivity contribution in [2.24, 2.45) is 0 Å². The number of carbonyl (C=O) groups excluding carboxylic acids is 4. The van der Waals surface area contributed by atoms with Crippen molar-refractivity contribution < 1.29 is 51.8 Å². The molecule has 0 unspecified atom stereocenters. The Kier molecular flexibility index (Phi) is 538000. The standard InChI is InChI=1S/2CO2.2CO.2CH3.4H2O.H2/c2*2-1-3;2*1-2;;;;;;;/h;;;;2*1H3;4*1H2;1H/q;;;;2*+1;;;;;/p+4. The third kappa shape index (κ3) is 291. The Balaban J connectivity index is -0.00000000279. The molecule has 0 heterocycles. The molecule has 0 rings (SSSR count). The van der Waals surface area contributed by atoms with E-state index in [1.54, 1.807) is 0 Å². The molecule has 98 valence electrons. The second kappa shape index (κ2) is 55300. The summed E-state index contributed by atoms with van der Waals surface area (Å²) in [5.41, 5.74) is 0. The molecule has 0 aromatic heterocycles. The van der Waals surface area contributed by atoms with E-state index in [1.807, 2.05) is 0 Å². The van der Waals surface area contributed by atoms with Crippen LogP contribution in [0, 0.1) is 28.2 Å². The number of hydrogen-bond acceptors (Lipinski definition) is 2. The van der Waals surface area contributed by atoms with Crippen molar-refractivity contribution in [3.63, 3.8) is 0 Å². The minimum absolute atomic E-state index is 0. The average Bonchev–Trinajstić information content (AvgIpc) is 1.99. The van der Waals surface area contributed by atoms with E-state index in [0.29, 0.717) is 12.3 Å². The average molecular weight is 252 g/mol. The van der Waals surface area contributed by atoms with Crippen LogP contribution in [0.25, 0.3) is 0 Å². The maximum Gasteiger partial charge on any atom is 0.0467 e. The Bertz CT molecular complexity index is 123. The van der Waals surface area contributed by atoms with Crippen LogP contribution >= 0.6 is 0 Å². The normalized spacial score (nSPS) is 1.25. The summed E-state index contributed by atoms with van der Waals surface area (Å²) >= 11 is 0. The summed E-state index contributed by atoms with van der Waals surface area (Å²) in [5, 5.41) is 0. The van der Waals surface area contributed by atoms with Crippen LogP contribution in [0.2, 0.25) is 0 Å². The van der Waals surface area contributed by atoms with Gasteiger partial charge in [-0.2, -0.15) is 0 Å². The fraction of sp³-hybridized carbons (Fsp3) is 0. The van der Waals surface area contributed by atoms with Crippen LogP contribution in [0.1, 0.15) is 1.43 Å². The Morgan fingerprint density at radius 1 is 0.812 bits per heavy atom. The number of rotatable bonds is 0. The summed E-state index contributed by atoms with van der Waals surface area (Å²) in [4.78, 5) is 30.0. The monoisotopic (exact) mass is 252 g/mol. The van der Waals surface area contributed by atoms with E-state index in [4.69, 9.17) is 28.5 Å². The molecular weight excluding hydrogens is 232 g/mol. The van der Waals surface area contributed by atoms with Crippen molar-refractivity contribution in [1.29, 1.82) is 0 Å². The second-order valence-electron chi connectivity index (χ2n) is 0.183. The van der Waals surface area contributed by atoms with Gasteiger partial charge in [-0.05, 0) is 0 Å². The van der Waals surface area contributed by atoms with E-state index >= 15 is 0 Å². The molecule has 0 spiro atoms. The Labute approximate surface area is 93.4 Å². The van der Waals surface area contributed by atoms with Gasteiger partial charge < -0.3 is 21.9 Å².